The van der Waals surface area contributed by atoms with E-state index in [0.29, 0.717) is 18.3 Å². The van der Waals surface area contributed by atoms with Crippen molar-refractivity contribution in [2.75, 3.05) is 13.1 Å². The summed E-state index contributed by atoms with van der Waals surface area (Å²) >= 11 is 1.84. The molecular weight excluding hydrogens is 296 g/mol. The quantitative estimate of drug-likeness (QED) is 0.937. The minimum Gasteiger partial charge on any atom is -0.349 e. The average Bonchev–Trinajstić information content (AvgIpc) is 3.00. The molecule has 0 fully saturated rings. The number of nitrogens with one attached hydrogen (secondary N) is 1. The van der Waals surface area contributed by atoms with Crippen LogP contribution in [0.2, 0.25) is 0 Å². The second-order valence-electron chi connectivity index (χ2n) is 5.69. The Kier molecular flexibility index (Phi) is 4.49. The van der Waals surface area contributed by atoms with Crippen LogP contribution in [-0.4, -0.2) is 39.9 Å². The van der Waals surface area contributed by atoms with E-state index in [4.69, 9.17) is 0 Å². The number of hydrogen-bond donors (Lipinski definition) is 1. The number of aryl methyl sites for hydroxylation is 1. The first-order valence-corrected chi connectivity index (χ1v) is 8.37. The number of rotatable bonds is 4. The van der Waals surface area contributed by atoms with Crippen molar-refractivity contribution in [1.82, 2.24) is 20.2 Å². The van der Waals surface area contributed by atoms with E-state index in [0.717, 1.165) is 25.2 Å². The van der Waals surface area contributed by atoms with Crippen LogP contribution in [0.3, 0.4) is 0 Å². The molecule has 5 nitrogen and oxygen atoms in total. The van der Waals surface area contributed by atoms with Crippen LogP contribution in [0.1, 0.15) is 33.5 Å². The number of amides is 1. The molecule has 3 heterocycles. The van der Waals surface area contributed by atoms with Gasteiger partial charge in [-0.05, 0) is 37.3 Å². The minimum absolute atomic E-state index is 0.160. The zero-order valence-electron chi connectivity index (χ0n) is 12.9. The monoisotopic (exact) mass is 316 g/mol. The summed E-state index contributed by atoms with van der Waals surface area (Å²) in [5.74, 6) is -0.160. The van der Waals surface area contributed by atoms with Crippen LogP contribution < -0.4 is 5.32 Å². The van der Waals surface area contributed by atoms with E-state index in [9.17, 15) is 4.79 Å². The highest BCUT2D eigenvalue weighted by atomic mass is 32.1. The summed E-state index contributed by atoms with van der Waals surface area (Å²) in [4.78, 5) is 24.2. The fourth-order valence-electron chi connectivity index (χ4n) is 2.62. The fraction of sp³-hybridized carbons (Fsp3) is 0.438. The summed E-state index contributed by atoms with van der Waals surface area (Å²) in [6.07, 6.45) is 4.24. The van der Waals surface area contributed by atoms with Crippen molar-refractivity contribution in [2.24, 2.45) is 0 Å². The Morgan fingerprint density at radius 3 is 3.09 bits per heavy atom. The Labute approximate surface area is 134 Å². The summed E-state index contributed by atoms with van der Waals surface area (Å²) in [6, 6.07) is 2.51. The van der Waals surface area contributed by atoms with E-state index in [1.54, 1.807) is 6.20 Å². The van der Waals surface area contributed by atoms with E-state index >= 15 is 0 Å². The van der Waals surface area contributed by atoms with E-state index in [2.05, 4.69) is 38.6 Å². The third-order valence-corrected chi connectivity index (χ3v) is 5.06. The largest absolute Gasteiger partial charge is 0.349 e. The van der Waals surface area contributed by atoms with Crippen LogP contribution >= 0.6 is 11.3 Å². The lowest BCUT2D eigenvalue weighted by molar-refractivity contribution is 0.0927. The second kappa shape index (κ2) is 6.54. The fourth-order valence-corrected chi connectivity index (χ4v) is 3.51. The molecule has 2 aromatic rings. The molecule has 0 bridgehead atoms. The van der Waals surface area contributed by atoms with E-state index in [-0.39, 0.29) is 5.91 Å². The number of carbonyl (C=O) groups is 1. The Morgan fingerprint density at radius 1 is 1.45 bits per heavy atom. The van der Waals surface area contributed by atoms with E-state index in [1.807, 2.05) is 18.3 Å². The maximum absolute atomic E-state index is 12.1. The predicted octanol–water partition coefficient (Wildman–Crippen LogP) is 2.02. The number of fused-ring (bicyclic) bond motifs is 1. The Hall–Kier alpha value is -1.79. The van der Waals surface area contributed by atoms with Gasteiger partial charge in [0.25, 0.3) is 5.91 Å². The van der Waals surface area contributed by atoms with Crippen LogP contribution in [0.4, 0.5) is 0 Å². The molecule has 0 aliphatic carbocycles. The number of thiophene rings is 1. The molecule has 2 aromatic heterocycles. The minimum atomic E-state index is -0.160. The van der Waals surface area contributed by atoms with E-state index in [1.165, 1.54) is 16.6 Å². The van der Waals surface area contributed by atoms with Gasteiger partial charge in [0.1, 0.15) is 5.69 Å². The average molecular weight is 316 g/mol. The Morgan fingerprint density at radius 2 is 2.32 bits per heavy atom. The number of nitrogens with zero attached hydrogens (tertiary/aromatic N) is 3. The van der Waals surface area contributed by atoms with Gasteiger partial charge in [0.2, 0.25) is 0 Å². The van der Waals surface area contributed by atoms with Gasteiger partial charge < -0.3 is 5.32 Å². The molecule has 3 rings (SSSR count). The van der Waals surface area contributed by atoms with Gasteiger partial charge in [-0.25, -0.2) is 4.98 Å². The van der Waals surface area contributed by atoms with Gasteiger partial charge in [-0.3, -0.25) is 14.7 Å². The Bertz CT molecular complexity index is 652. The van der Waals surface area contributed by atoms with Gasteiger partial charge in [0, 0.05) is 36.8 Å². The molecule has 0 saturated carbocycles. The van der Waals surface area contributed by atoms with Crippen molar-refractivity contribution >= 4 is 17.2 Å². The molecule has 1 aliphatic rings. The SMILES string of the molecule is Cc1cnc(C(=O)NC[C@@H](C)N2CCc3sccc3C2)cn1. The van der Waals surface area contributed by atoms with Crippen LogP contribution in [-0.2, 0) is 13.0 Å². The molecule has 22 heavy (non-hydrogen) atoms. The number of carbonyl (C=O) groups excluding carboxylic acids is 1. The molecule has 0 unspecified atom stereocenters. The maximum atomic E-state index is 12.1. The summed E-state index contributed by atoms with van der Waals surface area (Å²) in [5, 5.41) is 5.12. The lowest BCUT2D eigenvalue weighted by atomic mass is 10.1. The van der Waals surface area contributed by atoms with Crippen molar-refractivity contribution in [3.05, 3.63) is 45.7 Å². The van der Waals surface area contributed by atoms with Crippen LogP contribution in [0.5, 0.6) is 0 Å². The number of aromatic nitrogens is 2. The second-order valence-corrected chi connectivity index (χ2v) is 6.69. The topological polar surface area (TPSA) is 58.1 Å². The molecular formula is C16H20N4OS. The first-order chi connectivity index (χ1) is 10.6. The zero-order chi connectivity index (χ0) is 15.5. The van der Waals surface area contributed by atoms with Crippen LogP contribution in [0.15, 0.2) is 23.8 Å². The highest BCUT2D eigenvalue weighted by Gasteiger charge is 2.21. The highest BCUT2D eigenvalue weighted by Crippen LogP contribution is 2.24. The van der Waals surface area contributed by atoms with Crippen molar-refractivity contribution in [3.8, 4) is 0 Å². The summed E-state index contributed by atoms with van der Waals surface area (Å²) in [6.45, 7) is 6.65. The molecule has 0 saturated heterocycles. The summed E-state index contributed by atoms with van der Waals surface area (Å²) < 4.78 is 0. The van der Waals surface area contributed by atoms with Crippen molar-refractivity contribution in [2.45, 2.75) is 32.9 Å². The standard InChI is InChI=1S/C16H20N4OS/c1-11-7-18-14(9-17-11)16(21)19-8-12(2)20-5-3-15-13(10-20)4-6-22-15/h4,6-7,9,12H,3,5,8,10H2,1-2H3,(H,19,21)/t12-/m1/s1. The molecule has 1 N–H and O–H groups in total. The van der Waals surface area contributed by atoms with Gasteiger partial charge in [0.05, 0.1) is 11.9 Å². The van der Waals surface area contributed by atoms with Gasteiger partial charge >= 0.3 is 0 Å². The normalized spacial score (nSPS) is 16.1. The van der Waals surface area contributed by atoms with Crippen molar-refractivity contribution in [1.29, 1.82) is 0 Å². The lowest BCUT2D eigenvalue weighted by Gasteiger charge is -2.32. The van der Waals surface area contributed by atoms with Crippen molar-refractivity contribution in [3.63, 3.8) is 0 Å². The van der Waals surface area contributed by atoms with Gasteiger partial charge in [-0.1, -0.05) is 0 Å². The molecule has 1 atom stereocenters. The molecule has 0 aromatic carbocycles. The van der Waals surface area contributed by atoms with Gasteiger partial charge in [-0.15, -0.1) is 11.3 Å². The smallest absolute Gasteiger partial charge is 0.271 e. The maximum Gasteiger partial charge on any atom is 0.271 e. The molecule has 116 valence electrons. The third kappa shape index (κ3) is 3.34. The Balaban J connectivity index is 1.53. The van der Waals surface area contributed by atoms with Gasteiger partial charge in [-0.2, -0.15) is 0 Å². The number of hydrogen-bond acceptors (Lipinski definition) is 5. The first-order valence-electron chi connectivity index (χ1n) is 7.49. The molecule has 1 aliphatic heterocycles. The zero-order valence-corrected chi connectivity index (χ0v) is 13.7. The molecule has 0 radical (unpaired) electrons. The highest BCUT2D eigenvalue weighted by molar-refractivity contribution is 7.10. The molecule has 0 spiro atoms. The summed E-state index contributed by atoms with van der Waals surface area (Å²) in [5.41, 5.74) is 2.61. The first kappa shape index (κ1) is 15.1. The molecule has 6 heteroatoms. The third-order valence-electron chi connectivity index (χ3n) is 4.03. The van der Waals surface area contributed by atoms with Gasteiger partial charge in [0.15, 0.2) is 0 Å². The van der Waals surface area contributed by atoms with Crippen molar-refractivity contribution < 1.29 is 4.79 Å². The molecule has 1 amide bonds. The van der Waals surface area contributed by atoms with Crippen LogP contribution in [0, 0.1) is 6.92 Å². The van der Waals surface area contributed by atoms with Crippen LogP contribution in [0.25, 0.3) is 0 Å². The van der Waals surface area contributed by atoms with E-state index < -0.39 is 0 Å². The lowest BCUT2D eigenvalue weighted by Crippen LogP contribution is -2.44. The summed E-state index contributed by atoms with van der Waals surface area (Å²) in [7, 11) is 0. The predicted molar refractivity (Wildman–Crippen MR) is 87.0 cm³/mol.